The Morgan fingerprint density at radius 3 is 3.04 bits per heavy atom. The minimum absolute atomic E-state index is 0.0632. The molecule has 0 aliphatic carbocycles. The molecule has 0 spiro atoms. The minimum atomic E-state index is -0.166. The number of aryl methyl sites for hydroxylation is 1. The zero-order chi connectivity index (χ0) is 16.7. The summed E-state index contributed by atoms with van der Waals surface area (Å²) in [5.41, 5.74) is 8.66. The van der Waals surface area contributed by atoms with Crippen molar-refractivity contribution in [2.45, 2.75) is 19.4 Å². The highest BCUT2D eigenvalue weighted by molar-refractivity contribution is 7.21. The third-order valence-electron chi connectivity index (χ3n) is 4.15. The number of amides is 1. The normalized spacial score (nSPS) is 16.5. The highest BCUT2D eigenvalue weighted by atomic mass is 32.1. The molecule has 1 atom stereocenters. The van der Waals surface area contributed by atoms with Gasteiger partial charge in [-0.25, -0.2) is 4.98 Å². The molecule has 1 aromatic carbocycles. The third kappa shape index (κ3) is 2.59. The molecule has 0 unspecified atom stereocenters. The van der Waals surface area contributed by atoms with Gasteiger partial charge in [-0.15, -0.1) is 11.3 Å². The predicted molar refractivity (Wildman–Crippen MR) is 95.7 cm³/mol. The van der Waals surface area contributed by atoms with E-state index in [1.54, 1.807) is 0 Å². The first-order valence-corrected chi connectivity index (χ1v) is 8.60. The molecule has 1 aliphatic heterocycles. The Hall–Kier alpha value is -2.60. The first-order valence-electron chi connectivity index (χ1n) is 7.79. The van der Waals surface area contributed by atoms with E-state index in [1.807, 2.05) is 43.3 Å². The maximum absolute atomic E-state index is 12.6. The Labute approximate surface area is 143 Å². The molecule has 2 aromatic heterocycles. The Bertz CT molecular complexity index is 935. The number of nitrogens with two attached hydrogens (primary N) is 1. The lowest BCUT2D eigenvalue weighted by Gasteiger charge is -2.25. The van der Waals surface area contributed by atoms with Crippen LogP contribution < -0.4 is 15.8 Å². The van der Waals surface area contributed by atoms with Crippen LogP contribution in [-0.2, 0) is 6.42 Å². The molecule has 0 saturated heterocycles. The smallest absolute Gasteiger partial charge is 0.263 e. The molecule has 1 aliphatic rings. The molecule has 122 valence electrons. The number of benzene rings is 1. The lowest BCUT2D eigenvalue weighted by atomic mass is 10.0. The van der Waals surface area contributed by atoms with Crippen LogP contribution in [0, 0.1) is 6.92 Å². The number of nitrogens with one attached hydrogen (secondary N) is 1. The summed E-state index contributed by atoms with van der Waals surface area (Å²) >= 11 is 1.33. The quantitative estimate of drug-likeness (QED) is 0.752. The van der Waals surface area contributed by atoms with Crippen molar-refractivity contribution >= 4 is 33.1 Å². The van der Waals surface area contributed by atoms with Gasteiger partial charge in [0.1, 0.15) is 22.1 Å². The van der Waals surface area contributed by atoms with Crippen LogP contribution in [0.3, 0.4) is 0 Å². The summed E-state index contributed by atoms with van der Waals surface area (Å²) in [5, 5.41) is 3.87. The molecule has 0 bridgehead atoms. The molecule has 0 saturated carbocycles. The molecule has 0 radical (unpaired) electrons. The van der Waals surface area contributed by atoms with E-state index in [4.69, 9.17) is 10.5 Å². The molecular formula is C18H17N3O2S. The lowest BCUT2D eigenvalue weighted by molar-refractivity contribution is 0.0920. The van der Waals surface area contributed by atoms with Crippen molar-refractivity contribution < 1.29 is 9.53 Å². The van der Waals surface area contributed by atoms with Crippen LogP contribution >= 0.6 is 11.3 Å². The van der Waals surface area contributed by atoms with Crippen LogP contribution in [-0.4, -0.2) is 23.5 Å². The summed E-state index contributed by atoms with van der Waals surface area (Å²) in [6.45, 7) is 2.39. The third-order valence-corrected chi connectivity index (χ3v) is 5.27. The maximum Gasteiger partial charge on any atom is 0.263 e. The summed E-state index contributed by atoms with van der Waals surface area (Å²) in [7, 11) is 0. The molecule has 4 rings (SSSR count). The van der Waals surface area contributed by atoms with Gasteiger partial charge in [0.15, 0.2) is 0 Å². The molecule has 3 heterocycles. The molecule has 5 nitrogen and oxygen atoms in total. The van der Waals surface area contributed by atoms with Crippen LogP contribution in [0.15, 0.2) is 36.4 Å². The van der Waals surface area contributed by atoms with Gasteiger partial charge in [0.2, 0.25) is 0 Å². The fourth-order valence-electron chi connectivity index (χ4n) is 2.93. The van der Waals surface area contributed by atoms with Gasteiger partial charge in [-0.05, 0) is 37.1 Å². The number of nitrogen functional groups attached to an aromatic ring is 1. The molecule has 3 N–H and O–H groups in total. The Kier molecular flexibility index (Phi) is 3.61. The summed E-state index contributed by atoms with van der Waals surface area (Å²) in [4.78, 5) is 18.4. The van der Waals surface area contributed by atoms with E-state index in [9.17, 15) is 4.79 Å². The second-order valence-electron chi connectivity index (χ2n) is 5.94. The molecule has 3 aromatic rings. The van der Waals surface area contributed by atoms with Crippen molar-refractivity contribution in [3.05, 3.63) is 52.5 Å². The number of nitrogens with zero attached hydrogens (tertiary/aromatic N) is 1. The van der Waals surface area contributed by atoms with Crippen molar-refractivity contribution in [3.63, 3.8) is 0 Å². The van der Waals surface area contributed by atoms with E-state index < -0.39 is 0 Å². The highest BCUT2D eigenvalue weighted by Crippen LogP contribution is 2.32. The van der Waals surface area contributed by atoms with Crippen LogP contribution in [0.5, 0.6) is 5.75 Å². The molecule has 1 amide bonds. The van der Waals surface area contributed by atoms with Crippen molar-refractivity contribution in [1.82, 2.24) is 10.3 Å². The second kappa shape index (κ2) is 5.79. The monoisotopic (exact) mass is 339 g/mol. The number of rotatable bonds is 2. The molecular weight excluding hydrogens is 322 g/mol. The number of carbonyl (C=O) groups excluding carboxylic acids is 1. The lowest BCUT2D eigenvalue weighted by Crippen LogP contribution is -2.42. The predicted octanol–water partition coefficient (Wildman–Crippen LogP) is 2.92. The number of anilines is 1. The van der Waals surface area contributed by atoms with Gasteiger partial charge >= 0.3 is 0 Å². The van der Waals surface area contributed by atoms with Gasteiger partial charge in [-0.3, -0.25) is 4.79 Å². The SMILES string of the molecule is Cc1ccc2c(N)c(C(=O)N[C@H]3COc4ccccc4C3)sc2n1. The summed E-state index contributed by atoms with van der Waals surface area (Å²) < 4.78 is 5.72. The minimum Gasteiger partial charge on any atom is -0.491 e. The number of carbonyl (C=O) groups is 1. The van der Waals surface area contributed by atoms with Gasteiger partial charge in [0, 0.05) is 11.1 Å². The Morgan fingerprint density at radius 2 is 2.17 bits per heavy atom. The number of hydrogen-bond donors (Lipinski definition) is 2. The number of aromatic nitrogens is 1. The molecule has 24 heavy (non-hydrogen) atoms. The van der Waals surface area contributed by atoms with Crippen molar-refractivity contribution in [3.8, 4) is 5.75 Å². The van der Waals surface area contributed by atoms with E-state index in [1.165, 1.54) is 11.3 Å². The number of pyridine rings is 1. The average molecular weight is 339 g/mol. The van der Waals surface area contributed by atoms with Crippen LogP contribution in [0.25, 0.3) is 10.2 Å². The summed E-state index contributed by atoms with van der Waals surface area (Å²) in [5.74, 6) is 0.727. The van der Waals surface area contributed by atoms with Gasteiger partial charge < -0.3 is 15.8 Å². The summed E-state index contributed by atoms with van der Waals surface area (Å²) in [6.07, 6.45) is 0.754. The van der Waals surface area contributed by atoms with Gasteiger partial charge in [-0.1, -0.05) is 18.2 Å². The summed E-state index contributed by atoms with van der Waals surface area (Å²) in [6, 6.07) is 11.7. The Morgan fingerprint density at radius 1 is 1.33 bits per heavy atom. The van der Waals surface area contributed by atoms with Crippen LogP contribution in [0.1, 0.15) is 20.9 Å². The van der Waals surface area contributed by atoms with Gasteiger partial charge in [0.25, 0.3) is 5.91 Å². The number of ether oxygens (including phenoxy) is 1. The number of fused-ring (bicyclic) bond motifs is 2. The fraction of sp³-hybridized carbons (Fsp3) is 0.222. The second-order valence-corrected chi connectivity index (χ2v) is 6.94. The van der Waals surface area contributed by atoms with E-state index in [0.29, 0.717) is 17.2 Å². The molecule has 6 heteroatoms. The number of thiophene rings is 1. The van der Waals surface area contributed by atoms with E-state index >= 15 is 0 Å². The van der Waals surface area contributed by atoms with Crippen LogP contribution in [0.4, 0.5) is 5.69 Å². The zero-order valence-corrected chi connectivity index (χ0v) is 14.0. The molecule has 0 fully saturated rings. The van der Waals surface area contributed by atoms with E-state index in [0.717, 1.165) is 33.6 Å². The average Bonchev–Trinajstić information content (AvgIpc) is 2.91. The van der Waals surface area contributed by atoms with E-state index in [-0.39, 0.29) is 11.9 Å². The van der Waals surface area contributed by atoms with Gasteiger partial charge in [0.05, 0.1) is 11.7 Å². The standard InChI is InChI=1S/C18H17N3O2S/c1-10-6-7-13-15(19)16(24-18(13)20-10)17(22)21-12-8-11-4-2-3-5-14(11)23-9-12/h2-7,12H,8-9,19H2,1H3,(H,21,22)/t12-/m1/s1. The first kappa shape index (κ1) is 15.0. The zero-order valence-electron chi connectivity index (χ0n) is 13.2. The number of hydrogen-bond acceptors (Lipinski definition) is 5. The maximum atomic E-state index is 12.6. The largest absolute Gasteiger partial charge is 0.491 e. The van der Waals surface area contributed by atoms with Gasteiger partial charge in [-0.2, -0.15) is 0 Å². The topological polar surface area (TPSA) is 77.2 Å². The van der Waals surface area contributed by atoms with Crippen molar-refractivity contribution in [2.75, 3.05) is 12.3 Å². The number of para-hydroxylation sites is 1. The first-order chi connectivity index (χ1) is 11.6. The Balaban J connectivity index is 1.56. The van der Waals surface area contributed by atoms with E-state index in [2.05, 4.69) is 10.3 Å². The van der Waals surface area contributed by atoms with Crippen molar-refractivity contribution in [2.24, 2.45) is 0 Å². The highest BCUT2D eigenvalue weighted by Gasteiger charge is 2.24. The fourth-order valence-corrected chi connectivity index (χ4v) is 3.97. The van der Waals surface area contributed by atoms with Crippen LogP contribution in [0.2, 0.25) is 0 Å². The van der Waals surface area contributed by atoms with Crippen molar-refractivity contribution in [1.29, 1.82) is 0 Å².